The van der Waals surface area contributed by atoms with Crippen molar-refractivity contribution in [2.45, 2.75) is 39.2 Å². The summed E-state index contributed by atoms with van der Waals surface area (Å²) in [6.07, 6.45) is 2.25. The van der Waals surface area contributed by atoms with Crippen molar-refractivity contribution in [2.75, 3.05) is 32.8 Å². The zero-order valence-corrected chi connectivity index (χ0v) is 12.4. The van der Waals surface area contributed by atoms with Crippen LogP contribution in [0.4, 0.5) is 0 Å². The number of nitrogens with zero attached hydrogens (tertiary/aromatic N) is 1. The van der Waals surface area contributed by atoms with Gasteiger partial charge in [-0.25, -0.2) is 0 Å². The molecule has 116 valence electrons. The highest BCUT2D eigenvalue weighted by molar-refractivity contribution is 5.78. The van der Waals surface area contributed by atoms with Crippen LogP contribution >= 0.6 is 0 Å². The van der Waals surface area contributed by atoms with Crippen molar-refractivity contribution in [3.63, 3.8) is 0 Å². The van der Waals surface area contributed by atoms with Crippen LogP contribution in [0.25, 0.3) is 0 Å². The van der Waals surface area contributed by atoms with Gasteiger partial charge in [-0.05, 0) is 18.8 Å². The fourth-order valence-electron chi connectivity index (χ4n) is 2.30. The van der Waals surface area contributed by atoms with Gasteiger partial charge in [0.25, 0.3) is 0 Å². The molecule has 1 unspecified atom stereocenters. The summed E-state index contributed by atoms with van der Waals surface area (Å²) in [5, 5.41) is 11.6. The molecular weight excluding hydrogens is 260 g/mol. The Balaban J connectivity index is 2.29. The second-order valence-corrected chi connectivity index (χ2v) is 5.71. The molecule has 0 aliphatic carbocycles. The monoisotopic (exact) mass is 286 g/mol. The molecule has 1 fully saturated rings. The second-order valence-electron chi connectivity index (χ2n) is 5.71. The van der Waals surface area contributed by atoms with Crippen molar-refractivity contribution in [3.8, 4) is 0 Å². The van der Waals surface area contributed by atoms with E-state index in [4.69, 9.17) is 9.84 Å². The first-order valence-electron chi connectivity index (χ1n) is 7.30. The van der Waals surface area contributed by atoms with Gasteiger partial charge in [-0.15, -0.1) is 0 Å². The third-order valence-electron chi connectivity index (χ3n) is 3.18. The molecule has 2 N–H and O–H groups in total. The average Bonchev–Trinajstić information content (AvgIpc) is 2.86. The molecule has 1 saturated heterocycles. The van der Waals surface area contributed by atoms with Gasteiger partial charge in [-0.2, -0.15) is 0 Å². The Morgan fingerprint density at radius 3 is 2.75 bits per heavy atom. The molecule has 1 heterocycles. The molecule has 6 nitrogen and oxygen atoms in total. The van der Waals surface area contributed by atoms with Gasteiger partial charge in [-0.3, -0.25) is 14.5 Å². The van der Waals surface area contributed by atoms with Crippen LogP contribution in [-0.4, -0.2) is 60.8 Å². The SMILES string of the molecule is CC(C)CN(CCC(=O)O)CC(=O)NCC1CCCO1. The Morgan fingerprint density at radius 2 is 2.20 bits per heavy atom. The average molecular weight is 286 g/mol. The summed E-state index contributed by atoms with van der Waals surface area (Å²) in [5.41, 5.74) is 0. The third-order valence-corrected chi connectivity index (χ3v) is 3.18. The summed E-state index contributed by atoms with van der Waals surface area (Å²) in [6, 6.07) is 0. The molecule has 20 heavy (non-hydrogen) atoms. The number of carbonyl (C=O) groups is 2. The van der Waals surface area contributed by atoms with Crippen molar-refractivity contribution < 1.29 is 19.4 Å². The van der Waals surface area contributed by atoms with E-state index in [1.54, 1.807) is 0 Å². The van der Waals surface area contributed by atoms with E-state index in [1.807, 2.05) is 4.90 Å². The number of hydrogen-bond acceptors (Lipinski definition) is 4. The number of ether oxygens (including phenoxy) is 1. The van der Waals surface area contributed by atoms with Crippen LogP contribution in [0, 0.1) is 5.92 Å². The lowest BCUT2D eigenvalue weighted by atomic mass is 10.2. The molecule has 1 aliphatic heterocycles. The Hall–Kier alpha value is -1.14. The van der Waals surface area contributed by atoms with Crippen molar-refractivity contribution in [1.29, 1.82) is 0 Å². The largest absolute Gasteiger partial charge is 0.481 e. The molecule has 0 radical (unpaired) electrons. The number of carbonyl (C=O) groups excluding carboxylic acids is 1. The van der Waals surface area contributed by atoms with Crippen LogP contribution in [-0.2, 0) is 14.3 Å². The summed E-state index contributed by atoms with van der Waals surface area (Å²) < 4.78 is 5.45. The lowest BCUT2D eigenvalue weighted by Crippen LogP contribution is -2.42. The van der Waals surface area contributed by atoms with Crippen LogP contribution in [0.15, 0.2) is 0 Å². The fraction of sp³-hybridized carbons (Fsp3) is 0.857. The lowest BCUT2D eigenvalue weighted by Gasteiger charge is -2.23. The predicted molar refractivity (Wildman–Crippen MR) is 75.5 cm³/mol. The number of rotatable bonds is 9. The van der Waals surface area contributed by atoms with Crippen molar-refractivity contribution in [2.24, 2.45) is 5.92 Å². The van der Waals surface area contributed by atoms with E-state index in [0.717, 1.165) is 26.0 Å². The van der Waals surface area contributed by atoms with E-state index in [-0.39, 0.29) is 25.0 Å². The van der Waals surface area contributed by atoms with Gasteiger partial charge in [0.15, 0.2) is 0 Å². The quantitative estimate of drug-likeness (QED) is 0.653. The van der Waals surface area contributed by atoms with Gasteiger partial charge >= 0.3 is 5.97 Å². The Kier molecular flexibility index (Phi) is 7.54. The van der Waals surface area contributed by atoms with Gasteiger partial charge in [0.05, 0.1) is 19.1 Å². The standard InChI is InChI=1S/C14H26N2O4/c1-11(2)9-16(6-5-14(18)19)10-13(17)15-8-12-4-3-7-20-12/h11-12H,3-10H2,1-2H3,(H,15,17)(H,18,19). The fourth-order valence-corrected chi connectivity index (χ4v) is 2.30. The lowest BCUT2D eigenvalue weighted by molar-refractivity contribution is -0.137. The van der Waals surface area contributed by atoms with Gasteiger partial charge in [-0.1, -0.05) is 13.8 Å². The molecule has 0 aromatic heterocycles. The minimum atomic E-state index is -0.835. The summed E-state index contributed by atoms with van der Waals surface area (Å²) in [6.45, 7) is 6.81. The number of carboxylic acids is 1. The minimum absolute atomic E-state index is 0.0612. The molecule has 0 spiro atoms. The summed E-state index contributed by atoms with van der Waals surface area (Å²) in [7, 11) is 0. The molecule has 1 atom stereocenters. The molecule has 1 aliphatic rings. The smallest absolute Gasteiger partial charge is 0.304 e. The van der Waals surface area contributed by atoms with Crippen LogP contribution in [0.2, 0.25) is 0 Å². The van der Waals surface area contributed by atoms with E-state index >= 15 is 0 Å². The van der Waals surface area contributed by atoms with Crippen molar-refractivity contribution in [1.82, 2.24) is 10.2 Å². The number of nitrogens with one attached hydrogen (secondary N) is 1. The van der Waals surface area contributed by atoms with E-state index in [1.165, 1.54) is 0 Å². The van der Waals surface area contributed by atoms with Crippen molar-refractivity contribution >= 4 is 11.9 Å². The maximum absolute atomic E-state index is 11.9. The van der Waals surface area contributed by atoms with Crippen LogP contribution < -0.4 is 5.32 Å². The third kappa shape index (κ3) is 7.45. The summed E-state index contributed by atoms with van der Waals surface area (Å²) in [4.78, 5) is 24.4. The highest BCUT2D eigenvalue weighted by atomic mass is 16.5. The molecule has 0 bridgehead atoms. The molecule has 1 rings (SSSR count). The molecule has 0 saturated carbocycles. The number of aliphatic carboxylic acids is 1. The van der Waals surface area contributed by atoms with E-state index in [9.17, 15) is 9.59 Å². The Labute approximate surface area is 120 Å². The maximum atomic E-state index is 11.9. The molecule has 0 aromatic rings. The molecule has 6 heteroatoms. The number of amides is 1. The first-order valence-corrected chi connectivity index (χ1v) is 7.30. The van der Waals surface area contributed by atoms with Crippen molar-refractivity contribution in [3.05, 3.63) is 0 Å². The number of carboxylic acid groups (broad SMARTS) is 1. The topological polar surface area (TPSA) is 78.9 Å². The van der Waals surface area contributed by atoms with E-state index < -0.39 is 5.97 Å². The zero-order valence-electron chi connectivity index (χ0n) is 12.4. The van der Waals surface area contributed by atoms with Gasteiger partial charge in [0.2, 0.25) is 5.91 Å². The van der Waals surface area contributed by atoms with Crippen LogP contribution in [0.1, 0.15) is 33.1 Å². The van der Waals surface area contributed by atoms with Gasteiger partial charge < -0.3 is 15.2 Å². The number of hydrogen-bond donors (Lipinski definition) is 2. The Morgan fingerprint density at radius 1 is 1.45 bits per heavy atom. The minimum Gasteiger partial charge on any atom is -0.481 e. The second kappa shape index (κ2) is 8.92. The van der Waals surface area contributed by atoms with Gasteiger partial charge in [0, 0.05) is 26.2 Å². The molecule has 0 aromatic carbocycles. The van der Waals surface area contributed by atoms with E-state index in [0.29, 0.717) is 19.0 Å². The Bertz CT molecular complexity index is 314. The predicted octanol–water partition coefficient (Wildman–Crippen LogP) is 0.714. The van der Waals surface area contributed by atoms with E-state index in [2.05, 4.69) is 19.2 Å². The highest BCUT2D eigenvalue weighted by Gasteiger charge is 2.18. The normalized spacial score (nSPS) is 18.7. The van der Waals surface area contributed by atoms with Gasteiger partial charge in [0.1, 0.15) is 0 Å². The maximum Gasteiger partial charge on any atom is 0.304 e. The summed E-state index contributed by atoms with van der Waals surface area (Å²) >= 11 is 0. The van der Waals surface area contributed by atoms with Crippen LogP contribution in [0.5, 0.6) is 0 Å². The highest BCUT2D eigenvalue weighted by Crippen LogP contribution is 2.10. The summed E-state index contributed by atoms with van der Waals surface area (Å²) in [5.74, 6) is -0.500. The van der Waals surface area contributed by atoms with Crippen LogP contribution in [0.3, 0.4) is 0 Å². The zero-order chi connectivity index (χ0) is 15.0. The molecule has 1 amide bonds. The molecular formula is C14H26N2O4. The first-order chi connectivity index (χ1) is 9.47. The first kappa shape index (κ1) is 16.9.